The second kappa shape index (κ2) is 5.38. The molecule has 1 aliphatic heterocycles. The normalized spacial score (nSPS) is 22.7. The van der Waals surface area contributed by atoms with Gasteiger partial charge in [0.05, 0.1) is 0 Å². The summed E-state index contributed by atoms with van der Waals surface area (Å²) in [4.78, 5) is 24.8. The Morgan fingerprint density at radius 1 is 1.12 bits per heavy atom. The average Bonchev–Trinajstić information content (AvgIpc) is 2.97. The number of aliphatic carboxylic acids is 1. The van der Waals surface area contributed by atoms with E-state index in [1.54, 1.807) is 4.90 Å². The van der Waals surface area contributed by atoms with Crippen molar-refractivity contribution >= 4 is 12.0 Å². The Morgan fingerprint density at radius 3 is 2.24 bits per heavy atom. The van der Waals surface area contributed by atoms with Crippen LogP contribution in [0.5, 0.6) is 0 Å². The Kier molecular flexibility index (Phi) is 3.86. The molecule has 0 unspecified atom stereocenters. The van der Waals surface area contributed by atoms with Gasteiger partial charge < -0.3 is 15.3 Å². The molecule has 2 amide bonds. The molecular weight excluding hydrogens is 220 g/mol. The van der Waals surface area contributed by atoms with Gasteiger partial charge in [-0.3, -0.25) is 0 Å². The van der Waals surface area contributed by atoms with Crippen LogP contribution in [0, 0.1) is 5.92 Å². The molecule has 0 aromatic rings. The van der Waals surface area contributed by atoms with Crippen LogP contribution in [0.3, 0.4) is 0 Å². The van der Waals surface area contributed by atoms with E-state index in [2.05, 4.69) is 5.32 Å². The Hall–Kier alpha value is -1.26. The second-order valence-corrected chi connectivity index (χ2v) is 5.00. The van der Waals surface area contributed by atoms with Gasteiger partial charge in [0.15, 0.2) is 0 Å². The minimum atomic E-state index is -0.899. The highest BCUT2D eigenvalue weighted by molar-refractivity contribution is 5.83. The van der Waals surface area contributed by atoms with Crippen LogP contribution in [0.1, 0.15) is 38.5 Å². The number of rotatable bonds is 3. The summed E-state index contributed by atoms with van der Waals surface area (Å²) in [6, 6.07) is -0.910. The lowest BCUT2D eigenvalue weighted by Gasteiger charge is -2.24. The highest BCUT2D eigenvalue weighted by Gasteiger charge is 2.33. The van der Waals surface area contributed by atoms with E-state index >= 15 is 0 Å². The number of amides is 2. The van der Waals surface area contributed by atoms with E-state index in [0.29, 0.717) is 0 Å². The number of nitrogens with zero attached hydrogens (tertiary/aromatic N) is 1. The summed E-state index contributed by atoms with van der Waals surface area (Å²) in [5.41, 5.74) is 0. The molecule has 17 heavy (non-hydrogen) atoms. The van der Waals surface area contributed by atoms with Crippen molar-refractivity contribution in [3.8, 4) is 0 Å². The van der Waals surface area contributed by atoms with Crippen LogP contribution < -0.4 is 5.32 Å². The van der Waals surface area contributed by atoms with Crippen molar-refractivity contribution in [1.29, 1.82) is 0 Å². The molecule has 2 rings (SSSR count). The average molecular weight is 240 g/mol. The number of carbonyl (C=O) groups excluding carboxylic acids is 1. The number of hydrogen-bond donors (Lipinski definition) is 2. The van der Waals surface area contributed by atoms with Gasteiger partial charge in [-0.1, -0.05) is 12.8 Å². The van der Waals surface area contributed by atoms with Crippen molar-refractivity contribution in [3.05, 3.63) is 0 Å². The molecule has 5 nitrogen and oxygen atoms in total. The topological polar surface area (TPSA) is 69.6 Å². The number of carboxylic acids is 1. The van der Waals surface area contributed by atoms with Gasteiger partial charge in [-0.15, -0.1) is 0 Å². The van der Waals surface area contributed by atoms with E-state index in [9.17, 15) is 14.7 Å². The van der Waals surface area contributed by atoms with Gasteiger partial charge in [-0.05, 0) is 31.6 Å². The summed E-state index contributed by atoms with van der Waals surface area (Å²) < 4.78 is 0. The molecule has 2 fully saturated rings. The predicted molar refractivity (Wildman–Crippen MR) is 62.7 cm³/mol. The first-order valence-corrected chi connectivity index (χ1v) is 6.47. The maximum atomic E-state index is 11.9. The molecule has 0 spiro atoms. The highest BCUT2D eigenvalue weighted by Crippen LogP contribution is 2.28. The molecule has 2 N–H and O–H groups in total. The van der Waals surface area contributed by atoms with Gasteiger partial charge in [0.1, 0.15) is 6.04 Å². The minimum Gasteiger partial charge on any atom is -0.480 e. The third-order valence-electron chi connectivity index (χ3n) is 3.81. The molecule has 1 aliphatic carbocycles. The van der Waals surface area contributed by atoms with Crippen LogP contribution in [0.4, 0.5) is 4.79 Å². The first-order valence-electron chi connectivity index (χ1n) is 6.47. The van der Waals surface area contributed by atoms with Gasteiger partial charge in [-0.2, -0.15) is 0 Å². The van der Waals surface area contributed by atoms with E-state index in [-0.39, 0.29) is 11.9 Å². The maximum absolute atomic E-state index is 11.9. The Morgan fingerprint density at radius 2 is 1.71 bits per heavy atom. The monoisotopic (exact) mass is 240 g/mol. The molecule has 1 atom stereocenters. The number of nitrogens with one attached hydrogen (secondary N) is 1. The largest absolute Gasteiger partial charge is 0.480 e. The van der Waals surface area contributed by atoms with Gasteiger partial charge in [0.2, 0.25) is 0 Å². The predicted octanol–water partition coefficient (Wildman–Crippen LogP) is 1.44. The van der Waals surface area contributed by atoms with Gasteiger partial charge in [-0.25, -0.2) is 9.59 Å². The number of urea groups is 1. The van der Waals surface area contributed by atoms with E-state index in [1.165, 1.54) is 0 Å². The van der Waals surface area contributed by atoms with Crippen molar-refractivity contribution in [3.63, 3.8) is 0 Å². The van der Waals surface area contributed by atoms with Gasteiger partial charge in [0, 0.05) is 13.1 Å². The molecule has 5 heteroatoms. The third kappa shape index (κ3) is 2.90. The summed E-state index contributed by atoms with van der Waals surface area (Å²) in [6.07, 6.45) is 6.03. The number of carbonyl (C=O) groups is 2. The van der Waals surface area contributed by atoms with Crippen LogP contribution >= 0.6 is 0 Å². The molecule has 1 heterocycles. The zero-order valence-corrected chi connectivity index (χ0v) is 10.0. The summed E-state index contributed by atoms with van der Waals surface area (Å²) in [6.45, 7) is 1.51. The fraction of sp³-hybridized carbons (Fsp3) is 0.833. The van der Waals surface area contributed by atoms with Crippen molar-refractivity contribution in [1.82, 2.24) is 10.2 Å². The van der Waals surface area contributed by atoms with Crippen LogP contribution in [0.25, 0.3) is 0 Å². The molecule has 1 saturated carbocycles. The molecule has 0 radical (unpaired) electrons. The van der Waals surface area contributed by atoms with Gasteiger partial charge in [0.25, 0.3) is 0 Å². The smallest absolute Gasteiger partial charge is 0.326 e. The molecule has 96 valence electrons. The Balaban J connectivity index is 1.92. The first kappa shape index (κ1) is 12.2. The third-order valence-corrected chi connectivity index (χ3v) is 3.81. The molecule has 0 bridgehead atoms. The van der Waals surface area contributed by atoms with E-state index in [1.807, 2.05) is 0 Å². The zero-order chi connectivity index (χ0) is 12.3. The zero-order valence-electron chi connectivity index (χ0n) is 10.0. The fourth-order valence-corrected chi connectivity index (χ4v) is 2.82. The summed E-state index contributed by atoms with van der Waals surface area (Å²) >= 11 is 0. The highest BCUT2D eigenvalue weighted by atomic mass is 16.4. The molecule has 0 aromatic heterocycles. The van der Waals surface area contributed by atoms with Crippen LogP contribution in [-0.4, -0.2) is 41.1 Å². The summed E-state index contributed by atoms with van der Waals surface area (Å²) in [5, 5.41) is 11.9. The minimum absolute atomic E-state index is 0.110. The van der Waals surface area contributed by atoms with Crippen molar-refractivity contribution in [2.75, 3.05) is 13.1 Å². The first-order chi connectivity index (χ1) is 8.18. The van der Waals surface area contributed by atoms with E-state index in [4.69, 9.17) is 0 Å². The summed E-state index contributed by atoms with van der Waals surface area (Å²) in [5.74, 6) is -0.788. The standard InChI is InChI=1S/C12H20N2O3/c15-11(16)10(9-5-1-2-6-9)13-12(17)14-7-3-4-8-14/h9-10H,1-8H2,(H,13,17)(H,15,16)/t10-/m0/s1. The van der Waals surface area contributed by atoms with Crippen LogP contribution in [0.15, 0.2) is 0 Å². The second-order valence-electron chi connectivity index (χ2n) is 5.00. The van der Waals surface area contributed by atoms with Crippen LogP contribution in [0.2, 0.25) is 0 Å². The maximum Gasteiger partial charge on any atom is 0.326 e. The number of carboxylic acid groups (broad SMARTS) is 1. The molecule has 1 saturated heterocycles. The van der Waals surface area contributed by atoms with E-state index < -0.39 is 12.0 Å². The van der Waals surface area contributed by atoms with Crippen molar-refractivity contribution in [2.45, 2.75) is 44.6 Å². The van der Waals surface area contributed by atoms with Crippen molar-refractivity contribution < 1.29 is 14.7 Å². The summed E-state index contributed by atoms with van der Waals surface area (Å²) in [7, 11) is 0. The lowest BCUT2D eigenvalue weighted by Crippen LogP contribution is -2.50. The quantitative estimate of drug-likeness (QED) is 0.784. The number of likely N-dealkylation sites (tertiary alicyclic amines) is 1. The van der Waals surface area contributed by atoms with Crippen molar-refractivity contribution in [2.24, 2.45) is 5.92 Å². The Labute approximate surface area is 101 Å². The van der Waals surface area contributed by atoms with E-state index in [0.717, 1.165) is 51.6 Å². The molecule has 0 aromatic carbocycles. The van der Waals surface area contributed by atoms with Crippen LogP contribution in [-0.2, 0) is 4.79 Å². The lowest BCUT2D eigenvalue weighted by atomic mass is 9.98. The molecular formula is C12H20N2O3. The lowest BCUT2D eigenvalue weighted by molar-refractivity contribution is -0.140. The fourth-order valence-electron chi connectivity index (χ4n) is 2.82. The number of hydrogen-bond acceptors (Lipinski definition) is 2. The Bertz CT molecular complexity index is 294. The van der Waals surface area contributed by atoms with Gasteiger partial charge >= 0.3 is 12.0 Å². The SMILES string of the molecule is O=C(O)[C@@H](NC(=O)N1CCCC1)C1CCCC1. The molecule has 2 aliphatic rings.